The summed E-state index contributed by atoms with van der Waals surface area (Å²) in [4.78, 5) is 24.5. The lowest BCUT2D eigenvalue weighted by molar-refractivity contribution is 0.261. The first-order chi connectivity index (χ1) is 14.6. The Balaban J connectivity index is 1.58. The third-order valence-electron chi connectivity index (χ3n) is 4.03. The molecule has 0 aliphatic heterocycles. The smallest absolute Gasteiger partial charge is 0.323 e. The van der Waals surface area contributed by atoms with Crippen LogP contribution < -0.4 is 30.7 Å². The lowest BCUT2D eigenvalue weighted by Crippen LogP contribution is -2.21. The van der Waals surface area contributed by atoms with Crippen molar-refractivity contribution >= 4 is 34.8 Å². The van der Waals surface area contributed by atoms with Gasteiger partial charge in [0.1, 0.15) is 11.5 Å². The van der Waals surface area contributed by atoms with Gasteiger partial charge in [0.15, 0.2) is 0 Å². The predicted octanol–water partition coefficient (Wildman–Crippen LogP) is 4.99. The zero-order valence-electron chi connectivity index (χ0n) is 16.6. The maximum Gasteiger partial charge on any atom is 0.323 e. The number of carbonyl (C=O) groups excluding carboxylic acids is 2. The van der Waals surface area contributed by atoms with E-state index in [0.717, 1.165) is 0 Å². The molecule has 4 N–H and O–H groups in total. The summed E-state index contributed by atoms with van der Waals surface area (Å²) >= 11 is 0. The Morgan fingerprint density at radius 1 is 0.567 bits per heavy atom. The van der Waals surface area contributed by atoms with Crippen molar-refractivity contribution in [3.63, 3.8) is 0 Å². The molecule has 0 atom stereocenters. The van der Waals surface area contributed by atoms with Crippen LogP contribution in [0.2, 0.25) is 0 Å². The summed E-state index contributed by atoms with van der Waals surface area (Å²) in [6.45, 7) is 0. The van der Waals surface area contributed by atoms with E-state index in [1.807, 2.05) is 0 Å². The lowest BCUT2D eigenvalue weighted by atomic mass is 10.2. The van der Waals surface area contributed by atoms with Crippen molar-refractivity contribution in [2.45, 2.75) is 0 Å². The molecule has 154 valence electrons. The van der Waals surface area contributed by atoms with Gasteiger partial charge >= 0.3 is 12.1 Å². The zero-order valence-corrected chi connectivity index (χ0v) is 16.6. The Morgan fingerprint density at radius 2 is 0.900 bits per heavy atom. The van der Waals surface area contributed by atoms with Crippen LogP contribution in [-0.4, -0.2) is 26.3 Å². The quantitative estimate of drug-likeness (QED) is 0.463. The molecule has 0 saturated carbocycles. The second-order valence-corrected chi connectivity index (χ2v) is 6.20. The summed E-state index contributed by atoms with van der Waals surface area (Å²) in [5, 5.41) is 10.9. The molecule has 0 aromatic heterocycles. The van der Waals surface area contributed by atoms with Crippen LogP contribution in [0, 0.1) is 0 Å². The van der Waals surface area contributed by atoms with E-state index in [2.05, 4.69) is 21.3 Å². The second kappa shape index (κ2) is 9.83. The number of ether oxygens (including phenoxy) is 2. The molecule has 0 aliphatic rings. The molecule has 0 fully saturated rings. The molecular weight excluding hydrogens is 384 g/mol. The van der Waals surface area contributed by atoms with Crippen LogP contribution in [0.3, 0.4) is 0 Å². The van der Waals surface area contributed by atoms with Gasteiger partial charge in [0.25, 0.3) is 0 Å². The monoisotopic (exact) mass is 406 g/mol. The Bertz CT molecular complexity index is 960. The van der Waals surface area contributed by atoms with E-state index < -0.39 is 12.1 Å². The lowest BCUT2D eigenvalue weighted by Gasteiger charge is -2.11. The molecule has 0 aliphatic carbocycles. The first-order valence-corrected chi connectivity index (χ1v) is 9.10. The molecule has 0 radical (unpaired) electrons. The first kappa shape index (κ1) is 20.5. The number of nitrogens with one attached hydrogen (secondary N) is 4. The maximum absolute atomic E-state index is 12.2. The molecule has 3 aromatic carbocycles. The number of rotatable bonds is 6. The molecule has 0 heterocycles. The largest absolute Gasteiger partial charge is 0.497 e. The standard InChI is InChI=1S/C22H22N4O4/c1-29-19-10-4-8-17(13-19)25-21(27)23-15-6-3-7-16(12-15)24-22(28)26-18-9-5-11-20(14-18)30-2/h3-14H,1-2H3,(H2,23,25,27)(H2,24,26,28). The Labute approximate surface area is 174 Å². The Morgan fingerprint density at radius 3 is 1.27 bits per heavy atom. The number of urea groups is 2. The fourth-order valence-corrected chi connectivity index (χ4v) is 2.66. The number of anilines is 4. The molecule has 0 unspecified atom stereocenters. The third-order valence-corrected chi connectivity index (χ3v) is 4.03. The molecule has 0 saturated heterocycles. The van der Waals surface area contributed by atoms with Gasteiger partial charge in [-0.1, -0.05) is 18.2 Å². The van der Waals surface area contributed by atoms with Gasteiger partial charge in [-0.05, 0) is 42.5 Å². The van der Waals surface area contributed by atoms with E-state index in [1.165, 1.54) is 0 Å². The molecule has 3 aromatic rings. The van der Waals surface area contributed by atoms with Gasteiger partial charge in [0.05, 0.1) is 14.2 Å². The minimum absolute atomic E-state index is 0.416. The molecule has 0 bridgehead atoms. The van der Waals surface area contributed by atoms with Crippen molar-refractivity contribution in [2.75, 3.05) is 35.5 Å². The van der Waals surface area contributed by atoms with E-state index in [9.17, 15) is 9.59 Å². The average Bonchev–Trinajstić information content (AvgIpc) is 2.74. The van der Waals surface area contributed by atoms with Gasteiger partial charge in [0.2, 0.25) is 0 Å². The van der Waals surface area contributed by atoms with Crippen molar-refractivity contribution < 1.29 is 19.1 Å². The SMILES string of the molecule is COc1cccc(NC(=O)Nc2cccc(NC(=O)Nc3cccc(OC)c3)c2)c1. The van der Waals surface area contributed by atoms with Crippen molar-refractivity contribution in [3.05, 3.63) is 72.8 Å². The minimum atomic E-state index is -0.416. The van der Waals surface area contributed by atoms with E-state index in [-0.39, 0.29) is 0 Å². The fourth-order valence-electron chi connectivity index (χ4n) is 2.66. The summed E-state index contributed by atoms with van der Waals surface area (Å²) in [7, 11) is 3.12. The summed E-state index contributed by atoms with van der Waals surface area (Å²) < 4.78 is 10.3. The predicted molar refractivity (Wildman–Crippen MR) is 118 cm³/mol. The Kier molecular flexibility index (Phi) is 6.73. The van der Waals surface area contributed by atoms with E-state index in [1.54, 1.807) is 87.0 Å². The second-order valence-electron chi connectivity index (χ2n) is 6.20. The van der Waals surface area contributed by atoms with E-state index in [0.29, 0.717) is 34.2 Å². The van der Waals surface area contributed by atoms with Crippen molar-refractivity contribution in [2.24, 2.45) is 0 Å². The number of hydrogen-bond acceptors (Lipinski definition) is 4. The van der Waals surface area contributed by atoms with Crippen molar-refractivity contribution in [1.82, 2.24) is 0 Å². The molecule has 8 heteroatoms. The molecule has 30 heavy (non-hydrogen) atoms. The van der Waals surface area contributed by atoms with E-state index >= 15 is 0 Å². The highest BCUT2D eigenvalue weighted by Crippen LogP contribution is 2.20. The van der Waals surface area contributed by atoms with Crippen LogP contribution in [0.1, 0.15) is 0 Å². The molecular formula is C22H22N4O4. The van der Waals surface area contributed by atoms with Gasteiger partial charge in [0, 0.05) is 34.9 Å². The van der Waals surface area contributed by atoms with Crippen LogP contribution in [0.4, 0.5) is 32.3 Å². The number of hydrogen-bond donors (Lipinski definition) is 4. The van der Waals surface area contributed by atoms with Crippen LogP contribution in [0.15, 0.2) is 72.8 Å². The van der Waals surface area contributed by atoms with Gasteiger partial charge in [-0.2, -0.15) is 0 Å². The van der Waals surface area contributed by atoms with Gasteiger partial charge < -0.3 is 30.7 Å². The van der Waals surface area contributed by atoms with Gasteiger partial charge in [-0.15, -0.1) is 0 Å². The highest BCUT2D eigenvalue weighted by atomic mass is 16.5. The topological polar surface area (TPSA) is 101 Å². The minimum Gasteiger partial charge on any atom is -0.497 e. The molecule has 0 spiro atoms. The van der Waals surface area contributed by atoms with Crippen LogP contribution in [-0.2, 0) is 0 Å². The maximum atomic E-state index is 12.2. The van der Waals surface area contributed by atoms with Crippen molar-refractivity contribution in [3.8, 4) is 11.5 Å². The van der Waals surface area contributed by atoms with Crippen LogP contribution in [0.5, 0.6) is 11.5 Å². The highest BCUT2D eigenvalue weighted by molar-refractivity contribution is 6.02. The Hall–Kier alpha value is -4.20. The number of methoxy groups -OCH3 is 2. The summed E-state index contributed by atoms with van der Waals surface area (Å²) in [5.41, 5.74) is 2.24. The molecule has 8 nitrogen and oxygen atoms in total. The summed E-state index contributed by atoms with van der Waals surface area (Å²) in [6.07, 6.45) is 0. The zero-order chi connectivity index (χ0) is 21.3. The summed E-state index contributed by atoms with van der Waals surface area (Å²) in [5.74, 6) is 1.28. The molecule has 3 rings (SSSR count). The number of benzene rings is 3. The van der Waals surface area contributed by atoms with Crippen LogP contribution >= 0.6 is 0 Å². The van der Waals surface area contributed by atoms with Gasteiger partial charge in [-0.25, -0.2) is 9.59 Å². The van der Waals surface area contributed by atoms with Crippen molar-refractivity contribution in [1.29, 1.82) is 0 Å². The van der Waals surface area contributed by atoms with E-state index in [4.69, 9.17) is 9.47 Å². The fraction of sp³-hybridized carbons (Fsp3) is 0.0909. The first-order valence-electron chi connectivity index (χ1n) is 9.10. The van der Waals surface area contributed by atoms with Crippen LogP contribution in [0.25, 0.3) is 0 Å². The number of amides is 4. The third kappa shape index (κ3) is 5.90. The highest BCUT2D eigenvalue weighted by Gasteiger charge is 2.07. The summed E-state index contributed by atoms with van der Waals surface area (Å²) in [6, 6.07) is 20.0. The average molecular weight is 406 g/mol. The number of carbonyl (C=O) groups is 2. The molecule has 4 amide bonds. The normalized spacial score (nSPS) is 9.93. The van der Waals surface area contributed by atoms with Gasteiger partial charge in [-0.3, -0.25) is 0 Å².